The SMILES string of the molecule is COC(=O)C[C@H](c1ccc(OC)c(OC)c1)c1c(O)cc(C)n(CCc2ccc(O)c(O)c2)c1=O. The highest BCUT2D eigenvalue weighted by Gasteiger charge is 2.27. The number of hydrogen-bond donors (Lipinski definition) is 3. The van der Waals surface area contributed by atoms with Crippen LogP contribution in [-0.2, 0) is 22.5 Å². The number of methoxy groups -OCH3 is 3. The van der Waals surface area contributed by atoms with E-state index in [0.717, 1.165) is 0 Å². The van der Waals surface area contributed by atoms with Gasteiger partial charge in [0.25, 0.3) is 5.56 Å². The van der Waals surface area contributed by atoms with Gasteiger partial charge in [0, 0.05) is 18.2 Å². The molecule has 35 heavy (non-hydrogen) atoms. The van der Waals surface area contributed by atoms with Crippen molar-refractivity contribution in [1.82, 2.24) is 4.57 Å². The van der Waals surface area contributed by atoms with Crippen molar-refractivity contribution in [2.75, 3.05) is 21.3 Å². The highest BCUT2D eigenvalue weighted by molar-refractivity contribution is 5.71. The molecule has 0 radical (unpaired) electrons. The Kier molecular flexibility index (Phi) is 7.91. The molecule has 1 heterocycles. The number of phenols is 2. The predicted octanol–water partition coefficient (Wildman–Crippen LogP) is 3.23. The zero-order valence-corrected chi connectivity index (χ0v) is 20.1. The summed E-state index contributed by atoms with van der Waals surface area (Å²) in [4.78, 5) is 25.9. The number of phenolic OH excluding ortho intramolecular Hbond substituents is 2. The van der Waals surface area contributed by atoms with Gasteiger partial charge in [-0.2, -0.15) is 0 Å². The van der Waals surface area contributed by atoms with Crippen LogP contribution in [0.3, 0.4) is 0 Å². The highest BCUT2D eigenvalue weighted by atomic mass is 16.5. The van der Waals surface area contributed by atoms with Crippen molar-refractivity contribution in [3.05, 3.63) is 75.2 Å². The third-order valence-electron chi connectivity index (χ3n) is 5.94. The lowest BCUT2D eigenvalue weighted by molar-refractivity contribution is -0.140. The van der Waals surface area contributed by atoms with E-state index in [9.17, 15) is 24.9 Å². The first-order chi connectivity index (χ1) is 16.7. The Morgan fingerprint density at radius 2 is 1.63 bits per heavy atom. The van der Waals surface area contributed by atoms with Crippen LogP contribution < -0.4 is 15.0 Å². The van der Waals surface area contributed by atoms with E-state index in [1.807, 2.05) is 0 Å². The first kappa shape index (κ1) is 25.5. The number of pyridine rings is 1. The van der Waals surface area contributed by atoms with Crippen LogP contribution in [-0.4, -0.2) is 47.2 Å². The first-order valence-electron chi connectivity index (χ1n) is 10.9. The molecule has 9 heteroatoms. The molecule has 1 atom stereocenters. The second kappa shape index (κ2) is 10.9. The number of hydrogen-bond acceptors (Lipinski definition) is 8. The molecule has 3 rings (SSSR count). The van der Waals surface area contributed by atoms with Gasteiger partial charge in [-0.3, -0.25) is 9.59 Å². The quantitative estimate of drug-likeness (QED) is 0.313. The summed E-state index contributed by atoms with van der Waals surface area (Å²) in [5, 5.41) is 30.1. The number of nitrogens with zero attached hydrogens (tertiary/aromatic N) is 1. The number of aromatic nitrogens is 1. The lowest BCUT2D eigenvalue weighted by atomic mass is 9.88. The van der Waals surface area contributed by atoms with Gasteiger partial charge in [-0.15, -0.1) is 0 Å². The van der Waals surface area contributed by atoms with E-state index >= 15 is 0 Å². The number of benzene rings is 2. The number of carbonyl (C=O) groups is 1. The molecule has 0 aliphatic carbocycles. The van der Waals surface area contributed by atoms with E-state index in [-0.39, 0.29) is 35.8 Å². The summed E-state index contributed by atoms with van der Waals surface area (Å²) in [6.07, 6.45) is 0.209. The Bertz CT molecular complexity index is 1280. The summed E-state index contributed by atoms with van der Waals surface area (Å²) in [6.45, 7) is 1.95. The third-order valence-corrected chi connectivity index (χ3v) is 5.94. The fraction of sp³-hybridized carbons (Fsp3) is 0.308. The van der Waals surface area contributed by atoms with E-state index in [4.69, 9.17) is 14.2 Å². The first-order valence-corrected chi connectivity index (χ1v) is 10.9. The van der Waals surface area contributed by atoms with Gasteiger partial charge < -0.3 is 34.1 Å². The molecule has 0 bridgehead atoms. The number of carbonyl (C=O) groups excluding carboxylic acids is 1. The van der Waals surface area contributed by atoms with Gasteiger partial charge in [0.1, 0.15) is 5.75 Å². The summed E-state index contributed by atoms with van der Waals surface area (Å²) >= 11 is 0. The molecule has 3 N–H and O–H groups in total. The molecule has 0 saturated heterocycles. The zero-order chi connectivity index (χ0) is 25.7. The lowest BCUT2D eigenvalue weighted by Gasteiger charge is -2.21. The molecule has 0 unspecified atom stereocenters. The summed E-state index contributed by atoms with van der Waals surface area (Å²) in [5.41, 5.74) is 1.42. The smallest absolute Gasteiger partial charge is 0.306 e. The maximum atomic E-state index is 13.6. The average molecular weight is 484 g/mol. The second-order valence-corrected chi connectivity index (χ2v) is 8.06. The van der Waals surface area contributed by atoms with Crippen LogP contribution in [0.15, 0.2) is 47.3 Å². The van der Waals surface area contributed by atoms with Crippen molar-refractivity contribution in [2.24, 2.45) is 0 Å². The molecule has 186 valence electrons. The van der Waals surface area contributed by atoms with Crippen LogP contribution in [0.1, 0.15) is 34.7 Å². The third kappa shape index (κ3) is 5.51. The van der Waals surface area contributed by atoms with Crippen molar-refractivity contribution < 1.29 is 34.3 Å². The predicted molar refractivity (Wildman–Crippen MR) is 129 cm³/mol. The number of aromatic hydroxyl groups is 3. The molecule has 0 amide bonds. The van der Waals surface area contributed by atoms with Gasteiger partial charge in [0.15, 0.2) is 23.0 Å². The van der Waals surface area contributed by atoms with Gasteiger partial charge in [0.05, 0.1) is 33.3 Å². The van der Waals surface area contributed by atoms with E-state index in [1.54, 1.807) is 31.2 Å². The monoisotopic (exact) mass is 483 g/mol. The van der Waals surface area contributed by atoms with Crippen molar-refractivity contribution in [1.29, 1.82) is 0 Å². The molecular weight excluding hydrogens is 454 g/mol. The van der Waals surface area contributed by atoms with E-state index in [0.29, 0.717) is 34.7 Å². The van der Waals surface area contributed by atoms with Crippen molar-refractivity contribution >= 4 is 5.97 Å². The molecule has 1 aromatic heterocycles. The number of aryl methyl sites for hydroxylation is 2. The maximum Gasteiger partial charge on any atom is 0.306 e. The van der Waals surface area contributed by atoms with Crippen molar-refractivity contribution in [3.63, 3.8) is 0 Å². The van der Waals surface area contributed by atoms with Crippen molar-refractivity contribution in [2.45, 2.75) is 32.2 Å². The summed E-state index contributed by atoms with van der Waals surface area (Å²) < 4.78 is 17.0. The Balaban J connectivity index is 2.08. The fourth-order valence-electron chi connectivity index (χ4n) is 4.05. The molecular formula is C26H29NO8. The van der Waals surface area contributed by atoms with Crippen LogP contribution in [0, 0.1) is 6.92 Å². The van der Waals surface area contributed by atoms with Crippen LogP contribution >= 0.6 is 0 Å². The molecule has 0 aliphatic rings. The molecule has 2 aromatic carbocycles. The topological polar surface area (TPSA) is 127 Å². The summed E-state index contributed by atoms with van der Waals surface area (Å²) in [6, 6.07) is 11.0. The van der Waals surface area contributed by atoms with Gasteiger partial charge in [-0.05, 0) is 54.8 Å². The largest absolute Gasteiger partial charge is 0.507 e. The Hall–Kier alpha value is -4.14. The lowest BCUT2D eigenvalue weighted by Crippen LogP contribution is -2.29. The average Bonchev–Trinajstić information content (AvgIpc) is 2.84. The maximum absolute atomic E-state index is 13.6. The van der Waals surface area contributed by atoms with Crippen molar-refractivity contribution in [3.8, 4) is 28.7 Å². The normalized spacial score (nSPS) is 11.7. The second-order valence-electron chi connectivity index (χ2n) is 8.06. The molecule has 0 spiro atoms. The molecule has 0 saturated carbocycles. The highest BCUT2D eigenvalue weighted by Crippen LogP contribution is 2.37. The molecule has 9 nitrogen and oxygen atoms in total. The van der Waals surface area contributed by atoms with Crippen LogP contribution in [0.5, 0.6) is 28.7 Å². The minimum absolute atomic E-state index is 0.0572. The minimum atomic E-state index is -0.806. The number of rotatable bonds is 9. The summed E-state index contributed by atoms with van der Waals surface area (Å²) in [7, 11) is 4.24. The molecule has 0 aliphatic heterocycles. The Morgan fingerprint density at radius 1 is 0.914 bits per heavy atom. The fourth-order valence-corrected chi connectivity index (χ4v) is 4.05. The van der Waals surface area contributed by atoms with Gasteiger partial charge in [-0.1, -0.05) is 12.1 Å². The van der Waals surface area contributed by atoms with Crippen LogP contribution in [0.4, 0.5) is 0 Å². The van der Waals surface area contributed by atoms with Crippen LogP contribution in [0.25, 0.3) is 0 Å². The van der Waals surface area contributed by atoms with Gasteiger partial charge >= 0.3 is 5.97 Å². The summed E-state index contributed by atoms with van der Waals surface area (Å²) in [5.74, 6) is -1.15. The standard InChI is InChI=1S/C26H29NO8/c1-15-11-21(30)25(26(32)27(15)10-9-16-5-7-19(28)20(29)12-16)18(14-24(31)35-4)17-6-8-22(33-2)23(13-17)34-3/h5-8,11-13,18,28-30H,9-10,14H2,1-4H3/t18-/m1/s1. The minimum Gasteiger partial charge on any atom is -0.507 e. The number of esters is 1. The van der Waals surface area contributed by atoms with E-state index in [1.165, 1.54) is 44.1 Å². The van der Waals surface area contributed by atoms with E-state index in [2.05, 4.69) is 0 Å². The molecule has 3 aromatic rings. The number of ether oxygens (including phenoxy) is 3. The van der Waals surface area contributed by atoms with Crippen LogP contribution in [0.2, 0.25) is 0 Å². The van der Waals surface area contributed by atoms with Gasteiger partial charge in [0.2, 0.25) is 0 Å². The Labute approximate surface area is 202 Å². The Morgan fingerprint density at radius 3 is 2.26 bits per heavy atom. The van der Waals surface area contributed by atoms with E-state index < -0.39 is 17.4 Å². The zero-order valence-electron chi connectivity index (χ0n) is 20.1. The van der Waals surface area contributed by atoms with Gasteiger partial charge in [-0.25, -0.2) is 0 Å². The molecule has 0 fully saturated rings.